The van der Waals surface area contributed by atoms with Crippen LogP contribution in [0.5, 0.6) is 0 Å². The molecule has 3 rings (SSSR count). The van der Waals surface area contributed by atoms with Gasteiger partial charge in [0.2, 0.25) is 0 Å². The van der Waals surface area contributed by atoms with Gasteiger partial charge in [-0.25, -0.2) is 0 Å². The zero-order valence-electron chi connectivity index (χ0n) is 10.8. The molecular formula is C14H18BrN3O. The van der Waals surface area contributed by atoms with Crippen molar-refractivity contribution in [2.24, 2.45) is 5.41 Å². The third-order valence-electron chi connectivity index (χ3n) is 4.30. The van der Waals surface area contributed by atoms with Gasteiger partial charge < -0.3 is 16.0 Å². The van der Waals surface area contributed by atoms with Crippen molar-refractivity contribution in [1.82, 2.24) is 10.2 Å². The number of hydrogen-bond acceptors (Lipinski definition) is 3. The lowest BCUT2D eigenvalue weighted by Gasteiger charge is -2.23. The van der Waals surface area contributed by atoms with Crippen molar-refractivity contribution in [3.63, 3.8) is 0 Å². The monoisotopic (exact) mass is 323 g/mol. The number of hydrogen-bond donors (Lipinski definition) is 2. The fraction of sp³-hybridized carbons (Fsp3) is 0.500. The van der Waals surface area contributed by atoms with Gasteiger partial charge in [-0.2, -0.15) is 0 Å². The van der Waals surface area contributed by atoms with E-state index in [1.54, 1.807) is 6.07 Å². The molecule has 19 heavy (non-hydrogen) atoms. The van der Waals surface area contributed by atoms with E-state index in [1.807, 2.05) is 17.0 Å². The first-order valence-electron chi connectivity index (χ1n) is 6.65. The molecule has 0 aromatic heterocycles. The largest absolute Gasteiger partial charge is 0.398 e. The Morgan fingerprint density at radius 3 is 3.00 bits per heavy atom. The average Bonchev–Trinajstić information content (AvgIpc) is 3.03. The predicted molar refractivity (Wildman–Crippen MR) is 79.0 cm³/mol. The number of nitrogens with zero attached hydrogens (tertiary/aromatic N) is 1. The number of rotatable bonds is 1. The van der Waals surface area contributed by atoms with Crippen molar-refractivity contribution in [3.8, 4) is 0 Å². The van der Waals surface area contributed by atoms with E-state index in [0.717, 1.165) is 37.1 Å². The van der Waals surface area contributed by atoms with E-state index in [-0.39, 0.29) is 5.91 Å². The Labute approximate surface area is 121 Å². The first kappa shape index (κ1) is 12.9. The zero-order valence-corrected chi connectivity index (χ0v) is 12.4. The SMILES string of the molecule is Nc1ccc(Br)cc1C(=O)N1CCC2(CCNC2)C1. The summed E-state index contributed by atoms with van der Waals surface area (Å²) in [6.07, 6.45) is 2.27. The van der Waals surface area contributed by atoms with Gasteiger partial charge >= 0.3 is 0 Å². The Morgan fingerprint density at radius 1 is 1.42 bits per heavy atom. The summed E-state index contributed by atoms with van der Waals surface area (Å²) >= 11 is 3.40. The van der Waals surface area contributed by atoms with Gasteiger partial charge in [0.05, 0.1) is 5.56 Å². The van der Waals surface area contributed by atoms with Crippen LogP contribution in [0.25, 0.3) is 0 Å². The lowest BCUT2D eigenvalue weighted by atomic mass is 9.86. The first-order valence-corrected chi connectivity index (χ1v) is 7.44. The number of carbonyl (C=O) groups is 1. The van der Waals surface area contributed by atoms with E-state index < -0.39 is 0 Å². The Bertz CT molecular complexity index is 511. The van der Waals surface area contributed by atoms with Gasteiger partial charge in [0, 0.05) is 35.2 Å². The molecular weight excluding hydrogens is 306 g/mol. The number of likely N-dealkylation sites (tertiary alicyclic amines) is 1. The Kier molecular flexibility index (Phi) is 3.27. The fourth-order valence-corrected chi connectivity index (χ4v) is 3.50. The van der Waals surface area contributed by atoms with Crippen LogP contribution in [-0.4, -0.2) is 37.0 Å². The fourth-order valence-electron chi connectivity index (χ4n) is 3.14. The molecule has 1 atom stereocenters. The number of anilines is 1. The van der Waals surface area contributed by atoms with Crippen LogP contribution in [0.3, 0.4) is 0 Å². The molecule has 0 bridgehead atoms. The van der Waals surface area contributed by atoms with Gasteiger partial charge in [0.15, 0.2) is 0 Å². The molecule has 3 N–H and O–H groups in total. The average molecular weight is 324 g/mol. The summed E-state index contributed by atoms with van der Waals surface area (Å²) < 4.78 is 0.890. The molecule has 1 unspecified atom stereocenters. The summed E-state index contributed by atoms with van der Waals surface area (Å²) in [4.78, 5) is 14.5. The molecule has 2 aliphatic heterocycles. The normalized spacial score (nSPS) is 26.3. The smallest absolute Gasteiger partial charge is 0.256 e. The zero-order chi connectivity index (χ0) is 13.5. The molecule has 0 radical (unpaired) electrons. The highest BCUT2D eigenvalue weighted by Crippen LogP contribution is 2.37. The number of nitrogen functional groups attached to an aromatic ring is 1. The number of nitrogens with one attached hydrogen (secondary N) is 1. The Hall–Kier alpha value is -1.07. The molecule has 2 saturated heterocycles. The third kappa shape index (κ3) is 2.37. The molecule has 1 aromatic carbocycles. The highest BCUT2D eigenvalue weighted by Gasteiger charge is 2.42. The molecule has 1 aromatic rings. The summed E-state index contributed by atoms with van der Waals surface area (Å²) in [5.41, 5.74) is 7.39. The van der Waals surface area contributed by atoms with Crippen LogP contribution in [0.15, 0.2) is 22.7 Å². The molecule has 0 saturated carbocycles. The minimum Gasteiger partial charge on any atom is -0.398 e. The number of carbonyl (C=O) groups excluding carboxylic acids is 1. The van der Waals surface area contributed by atoms with Gasteiger partial charge in [-0.3, -0.25) is 4.79 Å². The lowest BCUT2D eigenvalue weighted by Crippen LogP contribution is -2.33. The predicted octanol–water partition coefficient (Wildman–Crippen LogP) is 1.86. The van der Waals surface area contributed by atoms with Crippen molar-refractivity contribution in [2.75, 3.05) is 31.9 Å². The molecule has 5 heteroatoms. The molecule has 2 heterocycles. The standard InChI is InChI=1S/C14H18BrN3O/c15-10-1-2-12(16)11(7-10)13(19)18-6-4-14(9-18)3-5-17-8-14/h1-2,7,17H,3-6,8-9,16H2. The topological polar surface area (TPSA) is 58.4 Å². The van der Waals surface area contributed by atoms with E-state index in [9.17, 15) is 4.79 Å². The maximum Gasteiger partial charge on any atom is 0.256 e. The second-order valence-corrected chi connectivity index (χ2v) is 6.55. The van der Waals surface area contributed by atoms with Crippen molar-refractivity contribution < 1.29 is 4.79 Å². The van der Waals surface area contributed by atoms with Crippen LogP contribution in [0.1, 0.15) is 23.2 Å². The van der Waals surface area contributed by atoms with Crippen molar-refractivity contribution >= 4 is 27.5 Å². The summed E-state index contributed by atoms with van der Waals surface area (Å²) in [6, 6.07) is 5.45. The van der Waals surface area contributed by atoms with Crippen LogP contribution in [0.2, 0.25) is 0 Å². The van der Waals surface area contributed by atoms with Gasteiger partial charge in [0.25, 0.3) is 5.91 Å². The maximum absolute atomic E-state index is 12.6. The third-order valence-corrected chi connectivity index (χ3v) is 4.80. The van der Waals surface area contributed by atoms with Crippen molar-refractivity contribution in [3.05, 3.63) is 28.2 Å². The number of halogens is 1. The van der Waals surface area contributed by atoms with E-state index in [1.165, 1.54) is 6.42 Å². The molecule has 102 valence electrons. The quantitative estimate of drug-likeness (QED) is 0.775. The molecule has 1 amide bonds. The van der Waals surface area contributed by atoms with Crippen LogP contribution in [0.4, 0.5) is 5.69 Å². The molecule has 2 aliphatic rings. The highest BCUT2D eigenvalue weighted by atomic mass is 79.9. The number of amides is 1. The van der Waals surface area contributed by atoms with Crippen molar-refractivity contribution in [2.45, 2.75) is 12.8 Å². The van der Waals surface area contributed by atoms with Gasteiger partial charge in [-0.1, -0.05) is 15.9 Å². The van der Waals surface area contributed by atoms with Gasteiger partial charge in [-0.05, 0) is 37.6 Å². The maximum atomic E-state index is 12.6. The van der Waals surface area contributed by atoms with E-state index in [0.29, 0.717) is 16.7 Å². The summed E-state index contributed by atoms with van der Waals surface area (Å²) in [5, 5.41) is 3.40. The number of nitrogens with two attached hydrogens (primary N) is 1. The minimum atomic E-state index is 0.0579. The summed E-state index contributed by atoms with van der Waals surface area (Å²) in [6.45, 7) is 3.79. The van der Waals surface area contributed by atoms with E-state index >= 15 is 0 Å². The molecule has 1 spiro atoms. The van der Waals surface area contributed by atoms with Crippen LogP contribution in [0, 0.1) is 5.41 Å². The highest BCUT2D eigenvalue weighted by molar-refractivity contribution is 9.10. The number of benzene rings is 1. The second-order valence-electron chi connectivity index (χ2n) is 5.64. The van der Waals surface area contributed by atoms with Crippen LogP contribution < -0.4 is 11.1 Å². The second kappa shape index (κ2) is 4.80. The Balaban J connectivity index is 1.79. The van der Waals surface area contributed by atoms with Gasteiger partial charge in [-0.15, -0.1) is 0 Å². The first-order chi connectivity index (χ1) is 9.10. The Morgan fingerprint density at radius 2 is 2.26 bits per heavy atom. The minimum absolute atomic E-state index is 0.0579. The van der Waals surface area contributed by atoms with Crippen molar-refractivity contribution in [1.29, 1.82) is 0 Å². The van der Waals surface area contributed by atoms with Crippen LogP contribution in [-0.2, 0) is 0 Å². The molecule has 4 nitrogen and oxygen atoms in total. The van der Waals surface area contributed by atoms with E-state index in [2.05, 4.69) is 21.2 Å². The van der Waals surface area contributed by atoms with E-state index in [4.69, 9.17) is 5.73 Å². The molecule has 2 fully saturated rings. The van der Waals surface area contributed by atoms with Gasteiger partial charge in [0.1, 0.15) is 0 Å². The summed E-state index contributed by atoms with van der Waals surface area (Å²) in [7, 11) is 0. The molecule has 0 aliphatic carbocycles. The lowest BCUT2D eigenvalue weighted by molar-refractivity contribution is 0.0776. The summed E-state index contributed by atoms with van der Waals surface area (Å²) in [5.74, 6) is 0.0579. The van der Waals surface area contributed by atoms with Crippen LogP contribution >= 0.6 is 15.9 Å².